The van der Waals surface area contributed by atoms with Gasteiger partial charge in [0.2, 0.25) is 5.76 Å². The summed E-state index contributed by atoms with van der Waals surface area (Å²) < 4.78 is 10.5. The average molecular weight is 300 g/mol. The summed E-state index contributed by atoms with van der Waals surface area (Å²) in [5, 5.41) is 4.06. The molecule has 2 aromatic rings. The fourth-order valence-electron chi connectivity index (χ4n) is 2.05. The van der Waals surface area contributed by atoms with Crippen molar-refractivity contribution in [3.05, 3.63) is 30.2 Å². The summed E-state index contributed by atoms with van der Waals surface area (Å²) in [6, 6.07) is 5.59. The van der Waals surface area contributed by atoms with Crippen LogP contribution < -0.4 is 5.73 Å². The van der Waals surface area contributed by atoms with Gasteiger partial charge in [0.15, 0.2) is 5.76 Å². The zero-order chi connectivity index (χ0) is 13.9. The van der Waals surface area contributed by atoms with Gasteiger partial charge in [0.25, 0.3) is 0 Å². The summed E-state index contributed by atoms with van der Waals surface area (Å²) in [6.07, 6.45) is 1.62. The van der Waals surface area contributed by atoms with E-state index in [0.29, 0.717) is 18.1 Å². The zero-order valence-corrected chi connectivity index (χ0v) is 12.9. The molecule has 5 nitrogen and oxygen atoms in total. The van der Waals surface area contributed by atoms with Crippen molar-refractivity contribution in [2.75, 3.05) is 20.1 Å². The van der Waals surface area contributed by atoms with Gasteiger partial charge < -0.3 is 14.7 Å². The van der Waals surface area contributed by atoms with Gasteiger partial charge in [-0.1, -0.05) is 19.0 Å². The molecule has 0 bridgehead atoms. The normalized spacial score (nSPS) is 11.7. The summed E-state index contributed by atoms with van der Waals surface area (Å²) in [6.45, 7) is 6.61. The van der Waals surface area contributed by atoms with Crippen LogP contribution in [0.1, 0.15) is 19.5 Å². The molecule has 2 heterocycles. The van der Waals surface area contributed by atoms with E-state index in [0.717, 1.165) is 18.8 Å². The van der Waals surface area contributed by atoms with Crippen LogP contribution in [0.2, 0.25) is 0 Å². The highest BCUT2D eigenvalue weighted by atomic mass is 35.5. The molecular formula is C14H22ClN3O2. The third-order valence-electron chi connectivity index (χ3n) is 3.01. The van der Waals surface area contributed by atoms with E-state index in [1.807, 2.05) is 18.2 Å². The molecule has 0 atom stereocenters. The molecule has 2 rings (SSSR count). The number of hydrogen-bond acceptors (Lipinski definition) is 5. The van der Waals surface area contributed by atoms with Crippen molar-refractivity contribution in [1.82, 2.24) is 10.1 Å². The molecule has 0 radical (unpaired) electrons. The van der Waals surface area contributed by atoms with Gasteiger partial charge in [0.1, 0.15) is 0 Å². The summed E-state index contributed by atoms with van der Waals surface area (Å²) >= 11 is 0. The van der Waals surface area contributed by atoms with Crippen molar-refractivity contribution < 1.29 is 8.94 Å². The molecule has 0 saturated heterocycles. The van der Waals surface area contributed by atoms with Crippen LogP contribution in [0.5, 0.6) is 0 Å². The van der Waals surface area contributed by atoms with E-state index < -0.39 is 0 Å². The lowest BCUT2D eigenvalue weighted by atomic mass is 9.93. The van der Waals surface area contributed by atoms with Crippen LogP contribution in [0.25, 0.3) is 11.5 Å². The first-order valence-corrected chi connectivity index (χ1v) is 6.38. The Hall–Kier alpha value is -1.30. The number of aromatic nitrogens is 1. The monoisotopic (exact) mass is 299 g/mol. The SMILES string of the molecule is CN(Cc1cc(-c2ccco2)on1)CC(C)(C)CN.Cl. The smallest absolute Gasteiger partial charge is 0.202 e. The first kappa shape index (κ1) is 16.8. The Labute approximate surface area is 125 Å². The maximum Gasteiger partial charge on any atom is 0.202 e. The Morgan fingerprint density at radius 3 is 2.70 bits per heavy atom. The summed E-state index contributed by atoms with van der Waals surface area (Å²) in [4.78, 5) is 2.19. The number of nitrogens with zero attached hydrogens (tertiary/aromatic N) is 2. The van der Waals surface area contributed by atoms with E-state index in [9.17, 15) is 0 Å². The van der Waals surface area contributed by atoms with E-state index in [1.54, 1.807) is 6.26 Å². The predicted octanol–water partition coefficient (Wildman–Crippen LogP) is 2.77. The molecule has 0 amide bonds. The summed E-state index contributed by atoms with van der Waals surface area (Å²) in [5.74, 6) is 1.36. The fraction of sp³-hybridized carbons (Fsp3) is 0.500. The highest BCUT2D eigenvalue weighted by Gasteiger charge is 2.19. The molecule has 112 valence electrons. The first-order chi connectivity index (χ1) is 9.00. The molecule has 0 unspecified atom stereocenters. The zero-order valence-electron chi connectivity index (χ0n) is 12.1. The van der Waals surface area contributed by atoms with E-state index >= 15 is 0 Å². The molecule has 0 spiro atoms. The van der Waals surface area contributed by atoms with Crippen LogP contribution in [0.3, 0.4) is 0 Å². The minimum Gasteiger partial charge on any atom is -0.461 e. The number of rotatable bonds is 6. The maximum absolute atomic E-state index is 5.74. The third-order valence-corrected chi connectivity index (χ3v) is 3.01. The molecule has 0 fully saturated rings. The standard InChI is InChI=1S/C14H21N3O2.ClH/c1-14(2,9-15)10-17(3)8-11-7-13(19-16-11)12-5-4-6-18-12;/h4-7H,8-10,15H2,1-3H3;1H. The maximum atomic E-state index is 5.74. The van der Waals surface area contributed by atoms with Crippen molar-refractivity contribution in [3.8, 4) is 11.5 Å². The molecular weight excluding hydrogens is 278 g/mol. The van der Waals surface area contributed by atoms with E-state index in [-0.39, 0.29) is 17.8 Å². The number of halogens is 1. The molecule has 20 heavy (non-hydrogen) atoms. The second-order valence-electron chi connectivity index (χ2n) is 5.70. The minimum atomic E-state index is 0. The fourth-order valence-corrected chi connectivity index (χ4v) is 2.05. The molecule has 2 N–H and O–H groups in total. The lowest BCUT2D eigenvalue weighted by Crippen LogP contribution is -2.36. The molecule has 6 heteroatoms. The van der Waals surface area contributed by atoms with Gasteiger partial charge in [-0.2, -0.15) is 0 Å². The Kier molecular flexibility index (Phi) is 5.80. The van der Waals surface area contributed by atoms with Gasteiger partial charge in [-0.25, -0.2) is 0 Å². The van der Waals surface area contributed by atoms with E-state index in [4.69, 9.17) is 14.7 Å². The lowest BCUT2D eigenvalue weighted by molar-refractivity contribution is 0.205. The van der Waals surface area contributed by atoms with E-state index in [1.165, 1.54) is 0 Å². The van der Waals surface area contributed by atoms with Crippen LogP contribution in [0, 0.1) is 5.41 Å². The van der Waals surface area contributed by atoms with Crippen LogP contribution >= 0.6 is 12.4 Å². The Morgan fingerprint density at radius 2 is 2.10 bits per heavy atom. The van der Waals surface area contributed by atoms with Crippen molar-refractivity contribution in [2.45, 2.75) is 20.4 Å². The summed E-state index contributed by atoms with van der Waals surface area (Å²) in [5.41, 5.74) is 6.73. The number of nitrogens with two attached hydrogens (primary N) is 1. The second kappa shape index (κ2) is 6.92. The van der Waals surface area contributed by atoms with Gasteiger partial charge >= 0.3 is 0 Å². The summed E-state index contributed by atoms with van der Waals surface area (Å²) in [7, 11) is 2.05. The molecule has 0 aliphatic rings. The Balaban J connectivity index is 0.00000200. The third kappa shape index (κ3) is 4.37. The molecule has 0 aromatic carbocycles. The van der Waals surface area contributed by atoms with Gasteiger partial charge in [-0.15, -0.1) is 12.4 Å². The molecule has 0 aliphatic heterocycles. The van der Waals surface area contributed by atoms with Crippen molar-refractivity contribution in [3.63, 3.8) is 0 Å². The highest BCUT2D eigenvalue weighted by molar-refractivity contribution is 5.85. The van der Waals surface area contributed by atoms with Gasteiger partial charge in [-0.05, 0) is 31.1 Å². The van der Waals surface area contributed by atoms with Gasteiger partial charge in [0, 0.05) is 19.2 Å². The largest absolute Gasteiger partial charge is 0.461 e. The number of furan rings is 1. The topological polar surface area (TPSA) is 68.4 Å². The predicted molar refractivity (Wildman–Crippen MR) is 80.6 cm³/mol. The van der Waals surface area contributed by atoms with E-state index in [2.05, 4.69) is 31.0 Å². The average Bonchev–Trinajstić information content (AvgIpc) is 2.97. The van der Waals surface area contributed by atoms with Crippen molar-refractivity contribution in [2.24, 2.45) is 11.1 Å². The van der Waals surface area contributed by atoms with Crippen molar-refractivity contribution in [1.29, 1.82) is 0 Å². The quantitative estimate of drug-likeness (QED) is 0.888. The number of hydrogen-bond donors (Lipinski definition) is 1. The van der Waals surface area contributed by atoms with Crippen LogP contribution in [-0.2, 0) is 6.54 Å². The molecule has 0 saturated carbocycles. The van der Waals surface area contributed by atoms with Crippen LogP contribution in [0.4, 0.5) is 0 Å². The molecule has 2 aromatic heterocycles. The highest BCUT2D eigenvalue weighted by Crippen LogP contribution is 2.21. The van der Waals surface area contributed by atoms with Gasteiger partial charge in [0.05, 0.1) is 12.0 Å². The Bertz CT molecular complexity index is 508. The lowest BCUT2D eigenvalue weighted by Gasteiger charge is -2.28. The van der Waals surface area contributed by atoms with Crippen LogP contribution in [-0.4, -0.2) is 30.2 Å². The Morgan fingerprint density at radius 1 is 1.35 bits per heavy atom. The first-order valence-electron chi connectivity index (χ1n) is 6.38. The minimum absolute atomic E-state index is 0. The van der Waals surface area contributed by atoms with Crippen molar-refractivity contribution >= 4 is 12.4 Å². The van der Waals surface area contributed by atoms with Crippen LogP contribution in [0.15, 0.2) is 33.4 Å². The van der Waals surface area contributed by atoms with Gasteiger partial charge in [-0.3, -0.25) is 4.90 Å². The molecule has 0 aliphatic carbocycles. The second-order valence-corrected chi connectivity index (χ2v) is 5.70.